The molecule has 0 radical (unpaired) electrons. The van der Waals surface area contributed by atoms with E-state index in [2.05, 4.69) is 26.6 Å². The Kier molecular flexibility index (Phi) is 5.67. The molecule has 142 valence electrons. The summed E-state index contributed by atoms with van der Waals surface area (Å²) in [5, 5.41) is 29.9. The van der Waals surface area contributed by atoms with Gasteiger partial charge in [-0.25, -0.2) is 4.99 Å². The fourth-order valence-electron chi connectivity index (χ4n) is 2.50. The molecule has 0 atom stereocenters. The summed E-state index contributed by atoms with van der Waals surface area (Å²) in [5.74, 6) is 1.09. The van der Waals surface area contributed by atoms with E-state index in [1.807, 2.05) is 0 Å². The number of aliphatic imine (C=N–C) groups is 1. The zero-order valence-corrected chi connectivity index (χ0v) is 15.8. The van der Waals surface area contributed by atoms with Crippen LogP contribution in [0.15, 0.2) is 41.4 Å². The van der Waals surface area contributed by atoms with Gasteiger partial charge in [-0.2, -0.15) is 10.4 Å². The summed E-state index contributed by atoms with van der Waals surface area (Å²) in [6.45, 7) is 0. The largest absolute Gasteiger partial charge is 0.504 e. The van der Waals surface area contributed by atoms with Gasteiger partial charge in [0.2, 0.25) is 5.75 Å². The average molecular weight is 398 g/mol. The summed E-state index contributed by atoms with van der Waals surface area (Å²) in [6.07, 6.45) is 1.47. The van der Waals surface area contributed by atoms with Gasteiger partial charge >= 0.3 is 0 Å². The first-order chi connectivity index (χ1) is 13.5. The number of hydrogen-bond acceptors (Lipinski definition) is 7. The highest BCUT2D eigenvalue weighted by Crippen LogP contribution is 2.37. The molecule has 1 heterocycles. The van der Waals surface area contributed by atoms with E-state index >= 15 is 0 Å². The second kappa shape index (κ2) is 8.33. The fourth-order valence-corrected chi connectivity index (χ4v) is 2.69. The van der Waals surface area contributed by atoms with Crippen LogP contribution in [-0.4, -0.2) is 35.7 Å². The molecule has 3 rings (SSSR count). The molecular weight excluding hydrogens is 382 g/mol. The van der Waals surface area contributed by atoms with Gasteiger partial charge in [-0.15, -0.1) is 0 Å². The summed E-state index contributed by atoms with van der Waals surface area (Å²) >= 11 is 5.97. The Labute approximate surface area is 166 Å². The van der Waals surface area contributed by atoms with Crippen molar-refractivity contribution in [1.82, 2.24) is 10.2 Å². The van der Waals surface area contributed by atoms with E-state index in [4.69, 9.17) is 21.1 Å². The predicted octanol–water partition coefficient (Wildman–Crippen LogP) is 4.15. The minimum atomic E-state index is -0.0864. The van der Waals surface area contributed by atoms with Crippen molar-refractivity contribution in [3.05, 3.63) is 52.5 Å². The third-order valence-electron chi connectivity index (χ3n) is 3.77. The Morgan fingerprint density at radius 3 is 2.79 bits per heavy atom. The average Bonchev–Trinajstić information content (AvgIpc) is 3.07. The van der Waals surface area contributed by atoms with Gasteiger partial charge in [0.1, 0.15) is 11.6 Å². The number of nitrogens with zero attached hydrogens (tertiary/aromatic N) is 3. The van der Waals surface area contributed by atoms with Crippen LogP contribution >= 0.6 is 11.6 Å². The van der Waals surface area contributed by atoms with E-state index in [1.165, 1.54) is 26.5 Å². The Bertz CT molecular complexity index is 1070. The molecule has 3 aromatic rings. The normalized spacial score (nSPS) is 10.6. The standard InChI is InChI=1S/C19H16ClN5O3/c1-27-16-7-11(6-15(26)17(16)28-2)10-22-18-14(9-21)19(25-24-18)23-13-5-3-4-12(20)8-13/h3-8,10,26H,1-2H3,(H2,23,24,25)/b22-10+. The maximum atomic E-state index is 10.0. The first-order valence-electron chi connectivity index (χ1n) is 8.05. The first-order valence-corrected chi connectivity index (χ1v) is 8.43. The molecule has 0 unspecified atom stereocenters. The van der Waals surface area contributed by atoms with Crippen molar-refractivity contribution in [2.45, 2.75) is 0 Å². The number of halogens is 1. The number of ether oxygens (including phenoxy) is 2. The van der Waals surface area contributed by atoms with Crippen molar-refractivity contribution in [3.8, 4) is 23.3 Å². The number of rotatable bonds is 6. The lowest BCUT2D eigenvalue weighted by Gasteiger charge is -2.09. The van der Waals surface area contributed by atoms with Crippen LogP contribution in [0.25, 0.3) is 0 Å². The van der Waals surface area contributed by atoms with Crippen molar-refractivity contribution >= 4 is 35.1 Å². The molecule has 0 amide bonds. The zero-order valence-electron chi connectivity index (χ0n) is 15.0. The topological polar surface area (TPSA) is 116 Å². The van der Waals surface area contributed by atoms with Crippen molar-refractivity contribution in [3.63, 3.8) is 0 Å². The third-order valence-corrected chi connectivity index (χ3v) is 4.01. The minimum Gasteiger partial charge on any atom is -0.504 e. The number of phenolic OH excluding ortho intramolecular Hbond substituents is 1. The van der Waals surface area contributed by atoms with Crippen LogP contribution in [0.2, 0.25) is 5.02 Å². The van der Waals surface area contributed by atoms with Crippen LogP contribution < -0.4 is 14.8 Å². The molecule has 0 aliphatic rings. The number of aromatic nitrogens is 2. The van der Waals surface area contributed by atoms with Crippen molar-refractivity contribution in [2.75, 3.05) is 19.5 Å². The van der Waals surface area contributed by atoms with Gasteiger partial charge in [0.15, 0.2) is 23.1 Å². The summed E-state index contributed by atoms with van der Waals surface area (Å²) in [6, 6.07) is 12.2. The summed E-state index contributed by atoms with van der Waals surface area (Å²) in [4.78, 5) is 4.26. The molecule has 0 aliphatic heterocycles. The predicted molar refractivity (Wildman–Crippen MR) is 107 cm³/mol. The van der Waals surface area contributed by atoms with E-state index in [-0.39, 0.29) is 22.9 Å². The highest BCUT2D eigenvalue weighted by atomic mass is 35.5. The zero-order chi connectivity index (χ0) is 20.1. The van der Waals surface area contributed by atoms with Crippen LogP contribution in [-0.2, 0) is 0 Å². The number of methoxy groups -OCH3 is 2. The number of anilines is 2. The van der Waals surface area contributed by atoms with E-state index in [0.717, 1.165) is 0 Å². The number of nitriles is 1. The summed E-state index contributed by atoms with van der Waals surface area (Å²) in [7, 11) is 2.90. The molecule has 0 saturated carbocycles. The number of nitrogens with one attached hydrogen (secondary N) is 2. The lowest BCUT2D eigenvalue weighted by atomic mass is 10.2. The van der Waals surface area contributed by atoms with E-state index < -0.39 is 0 Å². The van der Waals surface area contributed by atoms with Crippen LogP contribution in [0.4, 0.5) is 17.3 Å². The summed E-state index contributed by atoms with van der Waals surface area (Å²) < 4.78 is 10.3. The number of hydrogen-bond donors (Lipinski definition) is 3. The molecule has 28 heavy (non-hydrogen) atoms. The Hall–Kier alpha value is -3.70. The molecule has 8 nitrogen and oxygen atoms in total. The molecule has 0 spiro atoms. The number of aromatic hydroxyl groups is 1. The lowest BCUT2D eigenvalue weighted by Crippen LogP contribution is -1.93. The van der Waals surface area contributed by atoms with Gasteiger partial charge in [-0.1, -0.05) is 17.7 Å². The van der Waals surface area contributed by atoms with Gasteiger partial charge in [0, 0.05) is 22.5 Å². The number of aromatic amines is 1. The third kappa shape index (κ3) is 4.00. The SMILES string of the molecule is COc1cc(/C=N/c2[nH]nc(Nc3cccc(Cl)c3)c2C#N)cc(O)c1OC. The molecule has 2 aromatic carbocycles. The number of phenols is 1. The van der Waals surface area contributed by atoms with Gasteiger partial charge in [-0.3, -0.25) is 5.10 Å². The second-order valence-electron chi connectivity index (χ2n) is 5.58. The van der Waals surface area contributed by atoms with Crippen molar-refractivity contribution in [2.24, 2.45) is 4.99 Å². The fraction of sp³-hybridized carbons (Fsp3) is 0.105. The van der Waals surface area contributed by atoms with Gasteiger partial charge in [0.05, 0.1) is 14.2 Å². The Balaban J connectivity index is 1.88. The molecular formula is C19H16ClN5O3. The van der Waals surface area contributed by atoms with Gasteiger partial charge in [-0.05, 0) is 30.3 Å². The molecule has 0 aliphatic carbocycles. The van der Waals surface area contributed by atoms with Crippen LogP contribution in [0.1, 0.15) is 11.1 Å². The maximum absolute atomic E-state index is 10.0. The molecule has 1 aromatic heterocycles. The van der Waals surface area contributed by atoms with E-state index in [1.54, 1.807) is 30.3 Å². The molecule has 9 heteroatoms. The maximum Gasteiger partial charge on any atom is 0.203 e. The monoisotopic (exact) mass is 397 g/mol. The lowest BCUT2D eigenvalue weighted by molar-refractivity contribution is 0.333. The van der Waals surface area contributed by atoms with Gasteiger partial charge in [0.25, 0.3) is 0 Å². The Morgan fingerprint density at radius 2 is 2.11 bits per heavy atom. The Morgan fingerprint density at radius 1 is 1.29 bits per heavy atom. The van der Waals surface area contributed by atoms with Crippen LogP contribution in [0.3, 0.4) is 0 Å². The highest BCUT2D eigenvalue weighted by Gasteiger charge is 2.14. The minimum absolute atomic E-state index is 0.0864. The highest BCUT2D eigenvalue weighted by molar-refractivity contribution is 6.30. The summed E-state index contributed by atoms with van der Waals surface area (Å²) in [5.41, 5.74) is 1.48. The first kappa shape index (κ1) is 19.1. The smallest absolute Gasteiger partial charge is 0.203 e. The van der Waals surface area contributed by atoms with Crippen LogP contribution in [0.5, 0.6) is 17.2 Å². The van der Waals surface area contributed by atoms with Crippen molar-refractivity contribution < 1.29 is 14.6 Å². The van der Waals surface area contributed by atoms with E-state index in [0.29, 0.717) is 27.8 Å². The quantitative estimate of drug-likeness (QED) is 0.538. The molecule has 3 N–H and O–H groups in total. The number of H-pyrrole nitrogens is 1. The number of benzene rings is 2. The van der Waals surface area contributed by atoms with Crippen LogP contribution in [0, 0.1) is 11.3 Å². The molecule has 0 fully saturated rings. The molecule has 0 bridgehead atoms. The van der Waals surface area contributed by atoms with Crippen molar-refractivity contribution in [1.29, 1.82) is 5.26 Å². The van der Waals surface area contributed by atoms with Gasteiger partial charge < -0.3 is 19.9 Å². The molecule has 0 saturated heterocycles. The second-order valence-corrected chi connectivity index (χ2v) is 6.01. The van der Waals surface area contributed by atoms with E-state index in [9.17, 15) is 10.4 Å².